The molecule has 1 saturated heterocycles. The van der Waals surface area contributed by atoms with Crippen LogP contribution in [-0.4, -0.2) is 82.4 Å². The molecular weight excluding hydrogens is 528 g/mol. The Morgan fingerprint density at radius 1 is 1.32 bits per heavy atom. The molecule has 2 aliphatic heterocycles. The van der Waals surface area contributed by atoms with Crippen molar-refractivity contribution in [1.29, 1.82) is 0 Å². The molecule has 0 aromatic heterocycles. The first kappa shape index (κ1) is 34.4. The number of ether oxygens (including phenoxy) is 3. The minimum atomic E-state index is -0.948. The van der Waals surface area contributed by atoms with Crippen LogP contribution in [0, 0.1) is 11.8 Å². The third-order valence-electron chi connectivity index (χ3n) is 7.04. The summed E-state index contributed by atoms with van der Waals surface area (Å²) in [5, 5.41) is 23.5. The molecule has 0 saturated carbocycles. The third-order valence-corrected chi connectivity index (χ3v) is 7.04. The molecule has 0 spiro atoms. The Hall–Kier alpha value is -2.85. The number of carbonyl (C=O) groups is 3. The smallest absolute Gasteiger partial charge is 0.409 e. The summed E-state index contributed by atoms with van der Waals surface area (Å²) in [5.74, 6) is -0.677. The fourth-order valence-electron chi connectivity index (χ4n) is 4.68. The molecule has 0 aromatic carbocycles. The monoisotopic (exact) mass is 578 g/mol. The number of likely N-dealkylation sites (tertiary alicyclic amines) is 1. The summed E-state index contributed by atoms with van der Waals surface area (Å²) in [5.41, 5.74) is -0.705. The average Bonchev–Trinajstić information content (AvgIpc) is 3.31. The summed E-state index contributed by atoms with van der Waals surface area (Å²) in [6.07, 6.45) is 8.82. The van der Waals surface area contributed by atoms with Crippen LogP contribution >= 0.6 is 0 Å². The van der Waals surface area contributed by atoms with Gasteiger partial charge in [-0.05, 0) is 65.9 Å². The lowest BCUT2D eigenvalue weighted by Gasteiger charge is -2.27. The van der Waals surface area contributed by atoms with E-state index in [0.29, 0.717) is 38.8 Å². The number of hydrogen-bond donors (Lipinski definition) is 3. The highest BCUT2D eigenvalue weighted by molar-refractivity contribution is 5.71. The minimum Gasteiger partial charge on any atom is -0.457 e. The lowest BCUT2D eigenvalue weighted by molar-refractivity contribution is -0.151. The van der Waals surface area contributed by atoms with Gasteiger partial charge in [0.1, 0.15) is 11.7 Å². The van der Waals surface area contributed by atoms with Gasteiger partial charge in [0, 0.05) is 24.9 Å². The number of aliphatic hydroxyl groups excluding tert-OH is 1. The molecule has 232 valence electrons. The molecule has 10 heteroatoms. The topological polar surface area (TPSA) is 135 Å². The van der Waals surface area contributed by atoms with Crippen molar-refractivity contribution in [2.45, 2.75) is 110 Å². The van der Waals surface area contributed by atoms with E-state index in [9.17, 15) is 24.6 Å². The van der Waals surface area contributed by atoms with Gasteiger partial charge in [-0.3, -0.25) is 4.79 Å². The van der Waals surface area contributed by atoms with E-state index in [-0.39, 0.29) is 30.9 Å². The molecule has 0 aromatic rings. The quantitative estimate of drug-likeness (QED) is 0.179. The van der Waals surface area contributed by atoms with Gasteiger partial charge in [-0.15, -0.1) is 0 Å². The summed E-state index contributed by atoms with van der Waals surface area (Å²) in [6.45, 7) is 13.9. The highest BCUT2D eigenvalue weighted by Gasteiger charge is 2.30. The molecule has 2 amide bonds. The maximum absolute atomic E-state index is 12.5. The number of aliphatic hydroxyl groups is 2. The molecule has 2 heterocycles. The van der Waals surface area contributed by atoms with Gasteiger partial charge in [0.05, 0.1) is 30.8 Å². The molecule has 6 atom stereocenters. The molecule has 0 bridgehead atoms. The first-order chi connectivity index (χ1) is 19.0. The standard InChI is InChI=1S/C31H50N2O8/c1-21(20-39-29(37)33-17-14-24(19-33)32-28(36)41-30(4,5)6)10-8-11-22(2)27-23(3)12-9-15-31(7,38)16-13-25(34)18-26(35)40-27/h8-12,21,23-25,27,34,38H,13-20H2,1-7H3,(H,32,36)/b10-8+,12-9+,22-11+/t21-,23+,24-,25-,27-,31+/m1/s1. The second-order valence-corrected chi connectivity index (χ2v) is 12.7. The number of allylic oxidation sites excluding steroid dienone is 2. The van der Waals surface area contributed by atoms with Gasteiger partial charge in [0.25, 0.3) is 0 Å². The normalized spacial score (nSPS) is 30.1. The summed E-state index contributed by atoms with van der Waals surface area (Å²) >= 11 is 0. The number of alkyl carbamates (subject to hydrolysis) is 1. The molecule has 10 nitrogen and oxygen atoms in total. The van der Waals surface area contributed by atoms with Crippen molar-refractivity contribution in [2.75, 3.05) is 19.7 Å². The van der Waals surface area contributed by atoms with Crippen LogP contribution in [0.25, 0.3) is 0 Å². The third kappa shape index (κ3) is 13.1. The van der Waals surface area contributed by atoms with Gasteiger partial charge in [-0.2, -0.15) is 0 Å². The van der Waals surface area contributed by atoms with Crippen LogP contribution in [0.1, 0.15) is 80.6 Å². The van der Waals surface area contributed by atoms with Gasteiger partial charge >= 0.3 is 18.2 Å². The molecule has 0 unspecified atom stereocenters. The van der Waals surface area contributed by atoms with Crippen molar-refractivity contribution in [1.82, 2.24) is 10.2 Å². The fourth-order valence-corrected chi connectivity index (χ4v) is 4.68. The summed E-state index contributed by atoms with van der Waals surface area (Å²) < 4.78 is 16.5. The Morgan fingerprint density at radius 3 is 2.71 bits per heavy atom. The van der Waals surface area contributed by atoms with Crippen LogP contribution in [0.2, 0.25) is 0 Å². The predicted molar refractivity (Wildman–Crippen MR) is 156 cm³/mol. The van der Waals surface area contributed by atoms with E-state index >= 15 is 0 Å². The average molecular weight is 579 g/mol. The van der Waals surface area contributed by atoms with Gasteiger partial charge < -0.3 is 34.6 Å². The Labute approximate surface area is 244 Å². The van der Waals surface area contributed by atoms with Crippen LogP contribution in [0.4, 0.5) is 9.59 Å². The number of nitrogens with zero attached hydrogens (tertiary/aromatic N) is 1. The lowest BCUT2D eigenvalue weighted by atomic mass is 9.91. The summed E-state index contributed by atoms with van der Waals surface area (Å²) in [6, 6.07) is -0.179. The molecule has 3 N–H and O–H groups in total. The largest absolute Gasteiger partial charge is 0.457 e. The van der Waals surface area contributed by atoms with E-state index in [0.717, 1.165) is 5.57 Å². The van der Waals surface area contributed by atoms with Gasteiger partial charge in [0.2, 0.25) is 0 Å². The van der Waals surface area contributed by atoms with Gasteiger partial charge in [0.15, 0.2) is 0 Å². The Balaban J connectivity index is 1.89. The second kappa shape index (κ2) is 15.4. The molecular formula is C31H50N2O8. The first-order valence-corrected chi connectivity index (χ1v) is 14.6. The van der Waals surface area contributed by atoms with Crippen LogP contribution in [-0.2, 0) is 19.0 Å². The Bertz CT molecular complexity index is 981. The zero-order chi connectivity index (χ0) is 30.8. The predicted octanol–water partition coefficient (Wildman–Crippen LogP) is 4.65. The second-order valence-electron chi connectivity index (χ2n) is 12.7. The molecule has 2 aliphatic rings. The highest BCUT2D eigenvalue weighted by Crippen LogP contribution is 2.25. The lowest BCUT2D eigenvalue weighted by Crippen LogP contribution is -2.41. The Morgan fingerprint density at radius 2 is 2.02 bits per heavy atom. The number of esters is 1. The van der Waals surface area contributed by atoms with Gasteiger partial charge in [-0.25, -0.2) is 9.59 Å². The summed E-state index contributed by atoms with van der Waals surface area (Å²) in [4.78, 5) is 38.6. The van der Waals surface area contributed by atoms with E-state index in [1.165, 1.54) is 0 Å². The molecule has 2 rings (SSSR count). The minimum absolute atomic E-state index is 0.0603. The van der Waals surface area contributed by atoms with Crippen molar-refractivity contribution in [3.63, 3.8) is 0 Å². The van der Waals surface area contributed by atoms with Crippen molar-refractivity contribution in [2.24, 2.45) is 11.8 Å². The van der Waals surface area contributed by atoms with E-state index < -0.39 is 41.6 Å². The maximum Gasteiger partial charge on any atom is 0.409 e. The van der Waals surface area contributed by atoms with Crippen LogP contribution in [0.3, 0.4) is 0 Å². The van der Waals surface area contributed by atoms with E-state index in [1.807, 2.05) is 51.2 Å². The summed E-state index contributed by atoms with van der Waals surface area (Å²) in [7, 11) is 0. The first-order valence-electron chi connectivity index (χ1n) is 14.6. The number of nitrogens with one attached hydrogen (secondary N) is 1. The van der Waals surface area contributed by atoms with Crippen molar-refractivity contribution in [3.05, 3.63) is 36.0 Å². The molecule has 0 radical (unpaired) electrons. The number of amides is 2. The van der Waals surface area contributed by atoms with E-state index in [1.54, 1.807) is 32.6 Å². The Kier molecular flexibility index (Phi) is 12.9. The van der Waals surface area contributed by atoms with E-state index in [2.05, 4.69) is 5.32 Å². The van der Waals surface area contributed by atoms with Crippen molar-refractivity contribution < 1.29 is 38.8 Å². The number of cyclic esters (lactones) is 1. The zero-order valence-electron chi connectivity index (χ0n) is 25.7. The van der Waals surface area contributed by atoms with Crippen LogP contribution in [0.15, 0.2) is 36.0 Å². The molecule has 0 aliphatic carbocycles. The van der Waals surface area contributed by atoms with Crippen molar-refractivity contribution in [3.8, 4) is 0 Å². The number of hydrogen-bond acceptors (Lipinski definition) is 8. The SMILES string of the molecule is C/C(=C\C=C\[C@@H](C)COC(=O)N1CC[C@@H](NC(=O)OC(C)(C)C)C1)[C@H]1OC(=O)C[C@H](O)CC[C@@](C)(O)C/C=C/[C@@H]1C. The number of carbonyl (C=O) groups excluding carboxylic acids is 3. The van der Waals surface area contributed by atoms with Crippen LogP contribution in [0.5, 0.6) is 0 Å². The molecule has 41 heavy (non-hydrogen) atoms. The maximum atomic E-state index is 12.5. The highest BCUT2D eigenvalue weighted by atomic mass is 16.6. The zero-order valence-corrected chi connectivity index (χ0v) is 25.7. The van der Waals surface area contributed by atoms with Crippen molar-refractivity contribution >= 4 is 18.2 Å². The van der Waals surface area contributed by atoms with E-state index in [4.69, 9.17) is 14.2 Å². The fraction of sp³-hybridized carbons (Fsp3) is 0.710. The molecule has 1 fully saturated rings. The van der Waals surface area contributed by atoms with Gasteiger partial charge in [-0.1, -0.05) is 44.2 Å². The number of rotatable bonds is 6. The van der Waals surface area contributed by atoms with Crippen LogP contribution < -0.4 is 5.32 Å².